The Morgan fingerprint density at radius 1 is 0.852 bits per heavy atom. The molecule has 0 heterocycles. The van der Waals surface area contributed by atoms with Gasteiger partial charge in [-0.15, -0.1) is 0 Å². The Balaban J connectivity index is 1.45. The first kappa shape index (κ1) is 20.3. The molecule has 0 spiro atoms. The number of benzene rings is 1. The Hall–Kier alpha value is -1.48. The first-order chi connectivity index (χ1) is 13.3. The molecule has 0 radical (unpaired) electrons. The lowest BCUT2D eigenvalue weighted by Crippen LogP contribution is -2.12. The Morgan fingerprint density at radius 2 is 1.52 bits per heavy atom. The Labute approximate surface area is 167 Å². The largest absolute Gasteiger partial charge is 0.0730 e. The molecule has 27 heavy (non-hydrogen) atoms. The van der Waals surface area contributed by atoms with Crippen molar-refractivity contribution in [2.75, 3.05) is 0 Å². The van der Waals surface area contributed by atoms with Gasteiger partial charge in [-0.05, 0) is 98.8 Å². The number of allylic oxidation sites excluding steroid dienone is 2. The summed E-state index contributed by atoms with van der Waals surface area (Å²) in [5, 5.41) is 0. The van der Waals surface area contributed by atoms with Crippen LogP contribution in [0.3, 0.4) is 0 Å². The van der Waals surface area contributed by atoms with Crippen LogP contribution in [0.2, 0.25) is 0 Å². The summed E-state index contributed by atoms with van der Waals surface area (Å²) in [6, 6.07) is 9.08. The molecule has 0 bridgehead atoms. The zero-order chi connectivity index (χ0) is 18.9. The lowest BCUT2D eigenvalue weighted by molar-refractivity contribution is 0.294. The van der Waals surface area contributed by atoms with Crippen LogP contribution in [0, 0.1) is 29.6 Å². The van der Waals surface area contributed by atoms with E-state index < -0.39 is 0 Å². The van der Waals surface area contributed by atoms with Crippen molar-refractivity contribution >= 4 is 0 Å². The molecule has 3 rings (SSSR count). The second-order valence-electron chi connectivity index (χ2n) is 8.95. The minimum absolute atomic E-state index is 0.757. The van der Waals surface area contributed by atoms with Crippen molar-refractivity contribution in [3.05, 3.63) is 47.5 Å². The van der Waals surface area contributed by atoms with Gasteiger partial charge >= 0.3 is 0 Å². The van der Waals surface area contributed by atoms with Gasteiger partial charge in [0.05, 0.1) is 0 Å². The zero-order valence-corrected chi connectivity index (χ0v) is 17.6. The van der Waals surface area contributed by atoms with Gasteiger partial charge in [0.25, 0.3) is 0 Å². The minimum atomic E-state index is 0.757. The second-order valence-corrected chi connectivity index (χ2v) is 8.95. The van der Waals surface area contributed by atoms with E-state index in [4.69, 9.17) is 0 Å². The van der Waals surface area contributed by atoms with E-state index in [9.17, 15) is 0 Å². The van der Waals surface area contributed by atoms with Gasteiger partial charge in [0.2, 0.25) is 0 Å². The van der Waals surface area contributed by atoms with Crippen LogP contribution in [-0.2, 0) is 0 Å². The van der Waals surface area contributed by atoms with Crippen LogP contribution in [0.4, 0.5) is 0 Å². The standard InChI is InChI=1S/C27H38/c1-3-7-23-10-12-24(13-11-23)8-5-6-9-25-16-20-27(21-17-25)26-18-14-22(4-2)15-19-26/h5,8,16-17,20-24,26H,3-4,7,10-15,18-19H2,1-2H3/b8-5+. The summed E-state index contributed by atoms with van der Waals surface area (Å²) in [5.41, 5.74) is 2.67. The van der Waals surface area contributed by atoms with Crippen LogP contribution in [-0.4, -0.2) is 0 Å². The summed E-state index contributed by atoms with van der Waals surface area (Å²) in [4.78, 5) is 0. The summed E-state index contributed by atoms with van der Waals surface area (Å²) in [5.74, 6) is 10.1. The second kappa shape index (κ2) is 10.8. The van der Waals surface area contributed by atoms with Gasteiger partial charge < -0.3 is 0 Å². The molecule has 0 nitrogen and oxygen atoms in total. The molecular formula is C27H38. The molecule has 2 aliphatic rings. The zero-order valence-electron chi connectivity index (χ0n) is 17.6. The van der Waals surface area contributed by atoms with E-state index in [0.29, 0.717) is 0 Å². The maximum absolute atomic E-state index is 3.32. The molecule has 0 unspecified atom stereocenters. The molecule has 2 saturated carbocycles. The van der Waals surface area contributed by atoms with Crippen molar-refractivity contribution < 1.29 is 0 Å². The predicted molar refractivity (Wildman–Crippen MR) is 118 cm³/mol. The molecule has 0 aromatic heterocycles. The maximum atomic E-state index is 3.32. The fourth-order valence-corrected chi connectivity index (χ4v) is 5.13. The van der Waals surface area contributed by atoms with E-state index >= 15 is 0 Å². The van der Waals surface area contributed by atoms with Crippen molar-refractivity contribution in [3.8, 4) is 11.8 Å². The lowest BCUT2D eigenvalue weighted by atomic mass is 9.78. The van der Waals surface area contributed by atoms with Crippen LogP contribution in [0.25, 0.3) is 0 Å². The van der Waals surface area contributed by atoms with Crippen molar-refractivity contribution in [2.45, 2.75) is 90.4 Å². The molecule has 0 N–H and O–H groups in total. The lowest BCUT2D eigenvalue weighted by Gasteiger charge is -2.28. The molecule has 0 amide bonds. The first-order valence-corrected chi connectivity index (χ1v) is 11.6. The topological polar surface area (TPSA) is 0 Å². The van der Waals surface area contributed by atoms with E-state index in [1.54, 1.807) is 0 Å². The molecule has 2 aliphatic carbocycles. The highest BCUT2D eigenvalue weighted by molar-refractivity contribution is 5.39. The van der Waals surface area contributed by atoms with Crippen molar-refractivity contribution in [1.82, 2.24) is 0 Å². The van der Waals surface area contributed by atoms with Crippen LogP contribution >= 0.6 is 0 Å². The van der Waals surface area contributed by atoms with Crippen LogP contribution in [0.1, 0.15) is 102 Å². The van der Waals surface area contributed by atoms with Crippen molar-refractivity contribution in [3.63, 3.8) is 0 Å². The Morgan fingerprint density at radius 3 is 2.15 bits per heavy atom. The van der Waals surface area contributed by atoms with Gasteiger partial charge in [-0.1, -0.05) is 63.2 Å². The SMILES string of the molecule is CCCC1CCC(/C=C/C#Cc2ccc(C3CCC(CC)CC3)cc2)CC1. The third-order valence-electron chi connectivity index (χ3n) is 7.06. The molecule has 0 aliphatic heterocycles. The first-order valence-electron chi connectivity index (χ1n) is 11.6. The monoisotopic (exact) mass is 362 g/mol. The molecule has 0 heteroatoms. The average Bonchev–Trinajstić information content (AvgIpc) is 2.73. The molecule has 1 aromatic rings. The Bertz CT molecular complexity index is 623. The summed E-state index contributed by atoms with van der Waals surface area (Å²) < 4.78 is 0. The van der Waals surface area contributed by atoms with Crippen molar-refractivity contribution in [2.24, 2.45) is 17.8 Å². The normalized spacial score (nSPS) is 28.7. The number of hydrogen-bond donors (Lipinski definition) is 0. The third kappa shape index (κ3) is 6.27. The third-order valence-corrected chi connectivity index (χ3v) is 7.06. The fraction of sp³-hybridized carbons (Fsp3) is 0.630. The van der Waals surface area contributed by atoms with E-state index in [2.05, 4.69) is 62.1 Å². The van der Waals surface area contributed by atoms with Crippen molar-refractivity contribution in [1.29, 1.82) is 0 Å². The molecule has 146 valence electrons. The van der Waals surface area contributed by atoms with E-state index in [-0.39, 0.29) is 0 Å². The smallest absolute Gasteiger partial charge is 0.0249 e. The van der Waals surface area contributed by atoms with E-state index in [0.717, 1.165) is 29.2 Å². The number of hydrogen-bond acceptors (Lipinski definition) is 0. The molecule has 2 fully saturated rings. The predicted octanol–water partition coefficient (Wildman–Crippen LogP) is 7.88. The van der Waals surface area contributed by atoms with Gasteiger partial charge in [-0.3, -0.25) is 0 Å². The highest BCUT2D eigenvalue weighted by Gasteiger charge is 2.21. The average molecular weight is 363 g/mol. The summed E-state index contributed by atoms with van der Waals surface area (Å²) in [7, 11) is 0. The van der Waals surface area contributed by atoms with Gasteiger partial charge in [-0.25, -0.2) is 0 Å². The van der Waals surface area contributed by atoms with Gasteiger partial charge in [0, 0.05) is 5.56 Å². The quantitative estimate of drug-likeness (QED) is 0.467. The minimum Gasteiger partial charge on any atom is -0.0730 e. The Kier molecular flexibility index (Phi) is 8.07. The summed E-state index contributed by atoms with van der Waals surface area (Å²) in [6.07, 6.45) is 19.7. The van der Waals surface area contributed by atoms with Crippen LogP contribution in [0.5, 0.6) is 0 Å². The summed E-state index contributed by atoms with van der Waals surface area (Å²) >= 11 is 0. The highest BCUT2D eigenvalue weighted by Crippen LogP contribution is 2.37. The van der Waals surface area contributed by atoms with Crippen LogP contribution < -0.4 is 0 Å². The maximum Gasteiger partial charge on any atom is 0.0249 e. The molecule has 0 atom stereocenters. The van der Waals surface area contributed by atoms with Crippen LogP contribution in [0.15, 0.2) is 36.4 Å². The fourth-order valence-electron chi connectivity index (χ4n) is 5.13. The summed E-state index contributed by atoms with van der Waals surface area (Å²) in [6.45, 7) is 4.65. The number of rotatable bonds is 5. The highest BCUT2D eigenvalue weighted by atomic mass is 14.3. The molecule has 0 saturated heterocycles. The molecule has 1 aromatic carbocycles. The van der Waals surface area contributed by atoms with Gasteiger partial charge in [-0.2, -0.15) is 0 Å². The van der Waals surface area contributed by atoms with Gasteiger partial charge in [0.15, 0.2) is 0 Å². The molecular weight excluding hydrogens is 324 g/mol. The van der Waals surface area contributed by atoms with E-state index in [1.165, 1.54) is 76.2 Å². The van der Waals surface area contributed by atoms with Gasteiger partial charge in [0.1, 0.15) is 0 Å². The van der Waals surface area contributed by atoms with E-state index in [1.807, 2.05) is 0 Å².